The minimum atomic E-state index is 0.0351. The van der Waals surface area contributed by atoms with Gasteiger partial charge in [-0.05, 0) is 50.6 Å². The number of rotatable bonds is 3. The van der Waals surface area contributed by atoms with Crippen molar-refractivity contribution >= 4 is 5.91 Å². The molecule has 1 spiro atoms. The molecule has 2 aliphatic rings. The van der Waals surface area contributed by atoms with Gasteiger partial charge in [-0.2, -0.15) is 0 Å². The number of methoxy groups -OCH3 is 1. The van der Waals surface area contributed by atoms with Crippen LogP contribution in [0.4, 0.5) is 0 Å². The van der Waals surface area contributed by atoms with E-state index in [0.29, 0.717) is 5.56 Å². The van der Waals surface area contributed by atoms with Crippen LogP contribution < -0.4 is 10.1 Å². The Kier molecular flexibility index (Phi) is 4.39. The number of benzene rings is 1. The van der Waals surface area contributed by atoms with Crippen LogP contribution in [-0.4, -0.2) is 43.1 Å². The lowest BCUT2D eigenvalue weighted by Crippen LogP contribution is -2.56. The second-order valence-electron chi connectivity index (χ2n) is 6.63. The van der Waals surface area contributed by atoms with E-state index in [1.54, 1.807) is 7.11 Å². The van der Waals surface area contributed by atoms with Crippen LogP contribution in [0.3, 0.4) is 0 Å². The molecule has 1 amide bonds. The van der Waals surface area contributed by atoms with Crippen molar-refractivity contribution in [1.82, 2.24) is 10.2 Å². The monoisotopic (exact) mass is 302 g/mol. The summed E-state index contributed by atoms with van der Waals surface area (Å²) in [4.78, 5) is 15.0. The van der Waals surface area contributed by atoms with E-state index < -0.39 is 0 Å². The number of hydrogen-bond donors (Lipinski definition) is 1. The molecule has 1 saturated carbocycles. The summed E-state index contributed by atoms with van der Waals surface area (Å²) in [6.45, 7) is 1.08. The third kappa shape index (κ3) is 2.72. The van der Waals surface area contributed by atoms with Crippen LogP contribution in [0.25, 0.3) is 0 Å². The topological polar surface area (TPSA) is 41.6 Å². The van der Waals surface area contributed by atoms with E-state index in [0.717, 1.165) is 18.7 Å². The summed E-state index contributed by atoms with van der Waals surface area (Å²) in [5.41, 5.74) is 0.890. The van der Waals surface area contributed by atoms with Crippen LogP contribution in [0.2, 0.25) is 0 Å². The average molecular weight is 302 g/mol. The van der Waals surface area contributed by atoms with Crippen LogP contribution in [0.15, 0.2) is 24.3 Å². The summed E-state index contributed by atoms with van der Waals surface area (Å²) in [5, 5.41) is 3.30. The zero-order valence-corrected chi connectivity index (χ0v) is 13.6. The Morgan fingerprint density at radius 1 is 1.23 bits per heavy atom. The quantitative estimate of drug-likeness (QED) is 0.933. The molecule has 4 heteroatoms. The first-order valence-corrected chi connectivity index (χ1v) is 8.32. The maximum atomic E-state index is 12.6. The standard InChI is InChI=1S/C18H26N2O2/c1-20-13-10-16(18(20)11-4-3-5-12-18)19-17(21)14-6-8-15(22-2)9-7-14/h6-9,16H,3-5,10-13H2,1-2H3,(H,19,21). The molecule has 1 saturated heterocycles. The third-order valence-corrected chi connectivity index (χ3v) is 5.54. The summed E-state index contributed by atoms with van der Waals surface area (Å²) in [6, 6.07) is 7.62. The number of amides is 1. The summed E-state index contributed by atoms with van der Waals surface area (Å²) in [6.07, 6.45) is 7.35. The first-order chi connectivity index (χ1) is 10.7. The number of nitrogens with one attached hydrogen (secondary N) is 1. The van der Waals surface area contributed by atoms with Gasteiger partial charge in [0, 0.05) is 23.7 Å². The Labute approximate surface area is 132 Å². The minimum absolute atomic E-state index is 0.0351. The second-order valence-corrected chi connectivity index (χ2v) is 6.63. The van der Waals surface area contributed by atoms with E-state index in [-0.39, 0.29) is 17.5 Å². The van der Waals surface area contributed by atoms with Crippen molar-refractivity contribution in [2.45, 2.75) is 50.1 Å². The normalized spacial score (nSPS) is 24.4. The molecule has 1 N–H and O–H groups in total. The van der Waals surface area contributed by atoms with Gasteiger partial charge in [0.2, 0.25) is 0 Å². The molecule has 1 aromatic rings. The van der Waals surface area contributed by atoms with Crippen LogP contribution in [0.5, 0.6) is 5.75 Å². The number of ether oxygens (including phenoxy) is 1. The molecular formula is C18H26N2O2. The fourth-order valence-corrected chi connectivity index (χ4v) is 4.16. The molecule has 1 heterocycles. The molecule has 22 heavy (non-hydrogen) atoms. The van der Waals surface area contributed by atoms with Gasteiger partial charge in [0.05, 0.1) is 7.11 Å². The van der Waals surface area contributed by atoms with Gasteiger partial charge in [-0.25, -0.2) is 0 Å². The highest BCUT2D eigenvalue weighted by Gasteiger charge is 2.47. The summed E-state index contributed by atoms with van der Waals surface area (Å²) in [5.74, 6) is 0.814. The molecule has 2 fully saturated rings. The Morgan fingerprint density at radius 3 is 2.55 bits per heavy atom. The van der Waals surface area contributed by atoms with E-state index in [9.17, 15) is 4.79 Å². The molecule has 1 aliphatic heterocycles. The lowest BCUT2D eigenvalue weighted by Gasteiger charge is -2.44. The molecular weight excluding hydrogens is 276 g/mol. The van der Waals surface area contributed by atoms with Crippen LogP contribution in [0.1, 0.15) is 48.9 Å². The molecule has 3 rings (SSSR count). The zero-order valence-electron chi connectivity index (χ0n) is 13.6. The van der Waals surface area contributed by atoms with E-state index in [4.69, 9.17) is 4.74 Å². The van der Waals surface area contributed by atoms with Gasteiger partial charge in [-0.15, -0.1) is 0 Å². The smallest absolute Gasteiger partial charge is 0.251 e. The fraction of sp³-hybridized carbons (Fsp3) is 0.611. The van der Waals surface area contributed by atoms with Crippen LogP contribution in [0, 0.1) is 0 Å². The van der Waals surface area contributed by atoms with Crippen molar-refractivity contribution in [3.8, 4) is 5.75 Å². The maximum Gasteiger partial charge on any atom is 0.251 e. The van der Waals surface area contributed by atoms with Crippen molar-refractivity contribution in [1.29, 1.82) is 0 Å². The maximum absolute atomic E-state index is 12.6. The fourth-order valence-electron chi connectivity index (χ4n) is 4.16. The highest BCUT2D eigenvalue weighted by atomic mass is 16.5. The number of carbonyl (C=O) groups is 1. The van der Waals surface area contributed by atoms with E-state index in [1.165, 1.54) is 32.1 Å². The van der Waals surface area contributed by atoms with Gasteiger partial charge < -0.3 is 10.1 Å². The van der Waals surface area contributed by atoms with Gasteiger partial charge in [-0.1, -0.05) is 19.3 Å². The van der Waals surface area contributed by atoms with Gasteiger partial charge in [0.15, 0.2) is 0 Å². The predicted molar refractivity (Wildman–Crippen MR) is 87.3 cm³/mol. The molecule has 120 valence electrons. The Morgan fingerprint density at radius 2 is 1.91 bits per heavy atom. The van der Waals surface area contributed by atoms with Gasteiger partial charge in [0.25, 0.3) is 5.91 Å². The third-order valence-electron chi connectivity index (χ3n) is 5.54. The number of carbonyl (C=O) groups excluding carboxylic acids is 1. The summed E-state index contributed by atoms with van der Waals surface area (Å²) in [7, 11) is 3.85. The summed E-state index contributed by atoms with van der Waals surface area (Å²) >= 11 is 0. The SMILES string of the molecule is COc1ccc(C(=O)NC2CCN(C)C23CCCCC3)cc1. The average Bonchev–Trinajstić information content (AvgIpc) is 2.85. The summed E-state index contributed by atoms with van der Waals surface area (Å²) < 4.78 is 5.15. The number of nitrogens with zero attached hydrogens (tertiary/aromatic N) is 1. The largest absolute Gasteiger partial charge is 0.497 e. The first-order valence-electron chi connectivity index (χ1n) is 8.32. The van der Waals surface area contributed by atoms with E-state index >= 15 is 0 Å². The van der Waals surface area contributed by atoms with Crippen LogP contribution >= 0.6 is 0 Å². The second kappa shape index (κ2) is 6.29. The highest BCUT2D eigenvalue weighted by Crippen LogP contribution is 2.40. The predicted octanol–water partition coefficient (Wildman–Crippen LogP) is 2.83. The lowest BCUT2D eigenvalue weighted by molar-refractivity contribution is 0.0764. The lowest BCUT2D eigenvalue weighted by atomic mass is 9.77. The molecule has 1 aromatic carbocycles. The van der Waals surface area contributed by atoms with Gasteiger partial charge >= 0.3 is 0 Å². The van der Waals surface area contributed by atoms with E-state index in [1.807, 2.05) is 24.3 Å². The molecule has 1 aliphatic carbocycles. The molecule has 0 bridgehead atoms. The molecule has 1 atom stereocenters. The number of likely N-dealkylation sites (tertiary alicyclic amines) is 1. The van der Waals surface area contributed by atoms with Crippen LogP contribution in [-0.2, 0) is 0 Å². The molecule has 0 aromatic heterocycles. The Hall–Kier alpha value is -1.55. The molecule has 0 radical (unpaired) electrons. The number of hydrogen-bond acceptors (Lipinski definition) is 3. The molecule has 1 unspecified atom stereocenters. The van der Waals surface area contributed by atoms with Crippen molar-refractivity contribution in [3.05, 3.63) is 29.8 Å². The zero-order chi connectivity index (χ0) is 15.6. The van der Waals surface area contributed by atoms with Gasteiger partial charge in [-0.3, -0.25) is 9.69 Å². The van der Waals surface area contributed by atoms with Gasteiger partial charge in [0.1, 0.15) is 5.75 Å². The minimum Gasteiger partial charge on any atom is -0.497 e. The Bertz CT molecular complexity index is 520. The Balaban J connectivity index is 1.72. The van der Waals surface area contributed by atoms with Crippen molar-refractivity contribution in [2.24, 2.45) is 0 Å². The van der Waals surface area contributed by atoms with Crippen molar-refractivity contribution < 1.29 is 9.53 Å². The first kappa shape index (κ1) is 15.3. The van der Waals surface area contributed by atoms with E-state index in [2.05, 4.69) is 17.3 Å². The van der Waals surface area contributed by atoms with Crippen molar-refractivity contribution in [2.75, 3.05) is 20.7 Å². The molecule has 4 nitrogen and oxygen atoms in total. The number of likely N-dealkylation sites (N-methyl/N-ethyl adjacent to an activating group) is 1. The highest BCUT2D eigenvalue weighted by molar-refractivity contribution is 5.94. The van der Waals surface area contributed by atoms with Crippen molar-refractivity contribution in [3.63, 3.8) is 0 Å².